The van der Waals surface area contributed by atoms with Gasteiger partial charge in [0.1, 0.15) is 47.4 Å². The van der Waals surface area contributed by atoms with Crippen molar-refractivity contribution in [1.82, 2.24) is 19.1 Å². The van der Waals surface area contributed by atoms with E-state index in [9.17, 15) is 52.2 Å². The molecule has 7 N–H and O–H groups in total. The highest BCUT2D eigenvalue weighted by atomic mass is 19.2. The number of hydrogen-bond acceptors (Lipinski definition) is 18. The molecule has 3 fully saturated rings. The Kier molecular flexibility index (Phi) is 14.6. The van der Waals surface area contributed by atoms with Gasteiger partial charge in [0, 0.05) is 39.1 Å². The third kappa shape index (κ3) is 9.58. The average molecular weight is 901 g/mol. The molecular formula is C40H55F3N6O14. The van der Waals surface area contributed by atoms with Gasteiger partial charge in [0.25, 0.3) is 5.85 Å². The molecule has 1 aliphatic carbocycles. The molecule has 3 saturated heterocycles. The Morgan fingerprint density at radius 1 is 0.810 bits per heavy atom. The van der Waals surface area contributed by atoms with Crippen LogP contribution in [-0.4, -0.2) is 111 Å². The highest BCUT2D eigenvalue weighted by Gasteiger charge is 2.66. The molecule has 13 atom stereocenters. The van der Waals surface area contributed by atoms with Crippen LogP contribution in [0.2, 0.25) is 0 Å². The Morgan fingerprint density at radius 3 is 1.68 bits per heavy atom. The van der Waals surface area contributed by atoms with Crippen molar-refractivity contribution in [3.8, 4) is 0 Å². The van der Waals surface area contributed by atoms with Crippen LogP contribution in [0.5, 0.6) is 0 Å². The van der Waals surface area contributed by atoms with Crippen LogP contribution in [0.3, 0.4) is 0 Å². The van der Waals surface area contributed by atoms with Gasteiger partial charge in [-0.1, -0.05) is 33.8 Å². The average Bonchev–Trinajstić information content (AvgIpc) is 3.60. The molecule has 2 aromatic rings. The molecule has 0 saturated carbocycles. The van der Waals surface area contributed by atoms with Crippen molar-refractivity contribution in [1.29, 1.82) is 0 Å². The zero-order valence-electron chi connectivity index (χ0n) is 36.2. The number of carbonyl (C=O) groups excluding carboxylic acids is 4. The molecule has 2 aromatic heterocycles. The van der Waals surface area contributed by atoms with Gasteiger partial charge in [-0.2, -0.15) is 9.97 Å². The number of anilines is 2. The standard InChI is InChI=1S/C16H21FO5.C14H20FN3O4.C10H14FN3O5/c1-5-16(17)9(2)15(4,21-10(3)18)14(22-16)12-7-6-11(19)8-13(12)20;1-5-14(15)8(2)13(4,21-9(3)19)11(22-14)18-7-6-10(16)17-12(18)20;1-9(18)6(16)10(11,4-15)19-7(9)14-3-2-5(12)13-8(14)17/h6-7,9,12,14H,5,8H2,1-4H3;6-8,11H,5H2,1-4H3,(H2,16,17,20);2-3,6-7,15-16,18H,4H2,1H3,(H2,12,13,17)/t9-,12?,14-,15+,16+;8-,11+,13+,14+;6-,7+,9+,10+/m000/s1. The second-order valence-electron chi connectivity index (χ2n) is 16.4. The van der Waals surface area contributed by atoms with Crippen LogP contribution in [-0.2, 0) is 42.9 Å². The number of halogens is 3. The SMILES string of the molecule is CC[C@@]1(F)O[C@@H](C2C=CC(=O)CC2=O)[C@](C)(OC(C)=O)[C@@H]1C.CC[C@@]1(F)O[C@@H](n2ccc(N)nc2=O)[C@](C)(OC(C)=O)[C@@H]1C.C[C@]1(O)[C@H](n2ccc(N)nc2=O)O[C@](F)(CO)[C@H]1O. The molecule has 0 amide bonds. The summed E-state index contributed by atoms with van der Waals surface area (Å²) in [5, 5.41) is 28.7. The van der Waals surface area contributed by atoms with Gasteiger partial charge >= 0.3 is 23.3 Å². The summed E-state index contributed by atoms with van der Waals surface area (Å²) in [6.45, 7) is 12.0. The number of aromatic nitrogens is 4. The number of rotatable bonds is 8. The maximum Gasteiger partial charge on any atom is 0.351 e. The minimum absolute atomic E-state index is 0.0449. The molecule has 6 rings (SSSR count). The summed E-state index contributed by atoms with van der Waals surface area (Å²) in [7, 11) is 0. The van der Waals surface area contributed by atoms with E-state index >= 15 is 0 Å². The maximum absolute atomic E-state index is 15.0. The topological polar surface area (TPSA) is 297 Å². The lowest BCUT2D eigenvalue weighted by Crippen LogP contribution is -2.50. The van der Waals surface area contributed by atoms with E-state index in [1.54, 1.807) is 41.5 Å². The molecule has 4 aliphatic rings. The number of allylic oxidation sites excluding steroid dienone is 1. The number of esters is 2. The normalized spacial score (nSPS) is 38.3. The highest BCUT2D eigenvalue weighted by molar-refractivity contribution is 6.08. The Balaban J connectivity index is 0.000000208. The van der Waals surface area contributed by atoms with Gasteiger partial charge in [0.15, 0.2) is 23.8 Å². The van der Waals surface area contributed by atoms with Gasteiger partial charge in [0.05, 0.1) is 24.2 Å². The minimum atomic E-state index is -2.87. The first-order chi connectivity index (χ1) is 29.0. The molecule has 0 aromatic carbocycles. The van der Waals surface area contributed by atoms with Crippen LogP contribution < -0.4 is 22.8 Å². The number of Topliss-reactive ketones (excluding diaryl/α,β-unsaturated/α-hetero) is 1. The molecule has 23 heteroatoms. The Hall–Kier alpha value is -5.07. The number of hydrogen-bond donors (Lipinski definition) is 5. The lowest BCUT2D eigenvalue weighted by Gasteiger charge is -2.35. The smallest absolute Gasteiger partial charge is 0.351 e. The molecule has 0 radical (unpaired) electrons. The van der Waals surface area contributed by atoms with E-state index in [-0.39, 0.29) is 42.5 Å². The molecule has 0 spiro atoms. The van der Waals surface area contributed by atoms with Crippen LogP contribution in [0.15, 0.2) is 46.3 Å². The second-order valence-corrected chi connectivity index (χ2v) is 16.4. The first-order valence-corrected chi connectivity index (χ1v) is 19.9. The summed E-state index contributed by atoms with van der Waals surface area (Å²) in [6, 6.07) is 2.65. The van der Waals surface area contributed by atoms with E-state index in [0.29, 0.717) is 0 Å². The Bertz CT molecular complexity index is 2230. The van der Waals surface area contributed by atoms with Crippen molar-refractivity contribution in [2.24, 2.45) is 17.8 Å². The van der Waals surface area contributed by atoms with Crippen LogP contribution in [0, 0.1) is 17.8 Å². The fourth-order valence-corrected chi connectivity index (χ4v) is 8.15. The predicted octanol–water partition coefficient (Wildman–Crippen LogP) is 1.65. The minimum Gasteiger partial charge on any atom is -0.456 e. The Labute approximate surface area is 359 Å². The zero-order chi connectivity index (χ0) is 47.8. The molecule has 5 heterocycles. The van der Waals surface area contributed by atoms with Crippen molar-refractivity contribution < 1.29 is 71.4 Å². The van der Waals surface area contributed by atoms with E-state index in [1.807, 2.05) is 0 Å². The zero-order valence-corrected chi connectivity index (χ0v) is 36.2. The van der Waals surface area contributed by atoms with E-state index in [1.165, 1.54) is 44.3 Å². The van der Waals surface area contributed by atoms with Crippen molar-refractivity contribution in [3.05, 3.63) is 57.6 Å². The van der Waals surface area contributed by atoms with E-state index in [4.69, 9.17) is 40.3 Å². The number of nitrogens with two attached hydrogens (primary N) is 2. The van der Waals surface area contributed by atoms with Gasteiger partial charge in [-0.25, -0.2) is 22.8 Å². The highest BCUT2D eigenvalue weighted by Crippen LogP contribution is 2.53. The Morgan fingerprint density at radius 2 is 1.25 bits per heavy atom. The van der Waals surface area contributed by atoms with Gasteiger partial charge in [-0.05, 0) is 39.0 Å². The summed E-state index contributed by atoms with van der Waals surface area (Å²) >= 11 is 0. The number of aliphatic hydroxyl groups is 3. The quantitative estimate of drug-likeness (QED) is 0.186. The number of ether oxygens (including phenoxy) is 5. The summed E-state index contributed by atoms with van der Waals surface area (Å²) in [6.07, 6.45) is -0.525. The van der Waals surface area contributed by atoms with Gasteiger partial charge in [-0.15, -0.1) is 0 Å². The van der Waals surface area contributed by atoms with Crippen molar-refractivity contribution in [2.45, 2.75) is 141 Å². The number of ketones is 2. The first-order valence-electron chi connectivity index (χ1n) is 19.9. The van der Waals surface area contributed by atoms with Gasteiger partial charge < -0.3 is 50.5 Å². The van der Waals surface area contributed by atoms with Crippen LogP contribution in [0.1, 0.15) is 94.0 Å². The second kappa shape index (κ2) is 18.2. The molecule has 20 nitrogen and oxygen atoms in total. The summed E-state index contributed by atoms with van der Waals surface area (Å²) in [5.41, 5.74) is 4.44. The van der Waals surface area contributed by atoms with Gasteiger partial charge in [0.2, 0.25) is 11.7 Å². The largest absolute Gasteiger partial charge is 0.456 e. The number of nitrogen functional groups attached to an aromatic ring is 2. The lowest BCUT2D eigenvalue weighted by atomic mass is 9.76. The molecule has 3 aliphatic heterocycles. The molecular weight excluding hydrogens is 845 g/mol. The fraction of sp³-hybridized carbons (Fsp3) is 0.650. The van der Waals surface area contributed by atoms with Crippen molar-refractivity contribution in [3.63, 3.8) is 0 Å². The van der Waals surface area contributed by atoms with Crippen LogP contribution in [0.4, 0.5) is 24.8 Å². The number of carbonyl (C=O) groups is 4. The van der Waals surface area contributed by atoms with Crippen LogP contribution >= 0.6 is 0 Å². The summed E-state index contributed by atoms with van der Waals surface area (Å²) in [5.74, 6) is -11.0. The lowest BCUT2D eigenvalue weighted by molar-refractivity contribution is -0.207. The first kappa shape index (κ1) is 50.6. The molecule has 0 bridgehead atoms. The van der Waals surface area contributed by atoms with Gasteiger partial charge in [-0.3, -0.25) is 28.3 Å². The summed E-state index contributed by atoms with van der Waals surface area (Å²) < 4.78 is 72.4. The van der Waals surface area contributed by atoms with Crippen LogP contribution in [0.25, 0.3) is 0 Å². The third-order valence-corrected chi connectivity index (χ3v) is 12.1. The predicted molar refractivity (Wildman–Crippen MR) is 213 cm³/mol. The summed E-state index contributed by atoms with van der Waals surface area (Å²) in [4.78, 5) is 77.1. The van der Waals surface area contributed by atoms with Crippen molar-refractivity contribution >= 4 is 35.1 Å². The molecule has 63 heavy (non-hydrogen) atoms. The monoisotopic (exact) mass is 900 g/mol. The molecule has 350 valence electrons. The van der Waals surface area contributed by atoms with E-state index in [2.05, 4.69) is 9.97 Å². The maximum atomic E-state index is 15.0. The van der Waals surface area contributed by atoms with E-state index in [0.717, 1.165) is 22.3 Å². The number of nitrogens with zero attached hydrogens (tertiary/aromatic N) is 4. The van der Waals surface area contributed by atoms with E-state index < -0.39 is 107 Å². The molecule has 1 unspecified atom stereocenters. The van der Waals surface area contributed by atoms with Crippen molar-refractivity contribution in [2.75, 3.05) is 18.1 Å². The number of aliphatic hydroxyl groups excluding tert-OH is 2. The number of alkyl halides is 3. The third-order valence-electron chi connectivity index (χ3n) is 12.1. The fourth-order valence-electron chi connectivity index (χ4n) is 8.15.